The average molecular weight is 499 g/mol. The van der Waals surface area contributed by atoms with Gasteiger partial charge in [0.2, 0.25) is 5.91 Å². The maximum Gasteiger partial charge on any atom is 0.251 e. The number of anilines is 1. The number of nitrogens with zero attached hydrogens (tertiary/aromatic N) is 3. The molecule has 0 radical (unpaired) electrons. The molecule has 9 heteroatoms. The van der Waals surface area contributed by atoms with Crippen LogP contribution >= 0.6 is 0 Å². The Morgan fingerprint density at radius 3 is 2.58 bits per heavy atom. The summed E-state index contributed by atoms with van der Waals surface area (Å²) in [5.74, 6) is -0.113. The molecule has 0 bridgehead atoms. The Balaban J connectivity index is 1.84. The zero-order valence-electron chi connectivity index (χ0n) is 22.1. The van der Waals surface area contributed by atoms with Gasteiger partial charge in [-0.1, -0.05) is 32.0 Å². The predicted octanol–water partition coefficient (Wildman–Crippen LogP) is 3.67. The number of benzene rings is 1. The van der Waals surface area contributed by atoms with Crippen molar-refractivity contribution in [1.29, 1.82) is 0 Å². The van der Waals surface area contributed by atoms with Crippen molar-refractivity contribution in [2.24, 2.45) is 10.9 Å². The first-order valence-electron chi connectivity index (χ1n) is 12.4. The van der Waals surface area contributed by atoms with Gasteiger partial charge in [0.05, 0.1) is 23.4 Å². The van der Waals surface area contributed by atoms with E-state index in [1.54, 1.807) is 25.8 Å². The van der Waals surface area contributed by atoms with E-state index in [9.17, 15) is 14.7 Å². The van der Waals surface area contributed by atoms with Crippen LogP contribution in [0, 0.1) is 5.92 Å². The monoisotopic (exact) mass is 498 g/mol. The van der Waals surface area contributed by atoms with Crippen LogP contribution in [0.3, 0.4) is 0 Å². The van der Waals surface area contributed by atoms with E-state index in [2.05, 4.69) is 10.3 Å². The number of rotatable bonds is 12. The van der Waals surface area contributed by atoms with Crippen LogP contribution in [-0.4, -0.2) is 78.1 Å². The highest BCUT2D eigenvalue weighted by Crippen LogP contribution is 2.47. The minimum absolute atomic E-state index is 0.176. The van der Waals surface area contributed by atoms with E-state index in [4.69, 9.17) is 14.5 Å². The van der Waals surface area contributed by atoms with Crippen molar-refractivity contribution in [2.45, 2.75) is 52.6 Å². The van der Waals surface area contributed by atoms with Crippen molar-refractivity contribution >= 4 is 39.9 Å². The molecule has 1 aliphatic rings. The maximum absolute atomic E-state index is 12.7. The Morgan fingerprint density at radius 1 is 1.19 bits per heavy atom. The Kier molecular flexibility index (Phi) is 9.16. The van der Waals surface area contributed by atoms with Gasteiger partial charge in [-0.05, 0) is 44.7 Å². The van der Waals surface area contributed by atoms with E-state index in [1.807, 2.05) is 45.0 Å². The van der Waals surface area contributed by atoms with Gasteiger partial charge < -0.3 is 24.8 Å². The van der Waals surface area contributed by atoms with Crippen LogP contribution in [0.2, 0.25) is 0 Å². The highest BCUT2D eigenvalue weighted by molar-refractivity contribution is 6.08. The van der Waals surface area contributed by atoms with Gasteiger partial charge in [-0.25, -0.2) is 4.98 Å². The number of likely N-dealkylation sites (N-methyl/N-ethyl adjacent to an activating group) is 1. The summed E-state index contributed by atoms with van der Waals surface area (Å²) >= 11 is 0. The molecule has 1 atom stereocenters. The van der Waals surface area contributed by atoms with E-state index < -0.39 is 11.5 Å². The first-order valence-corrected chi connectivity index (χ1v) is 12.4. The summed E-state index contributed by atoms with van der Waals surface area (Å²) in [4.78, 5) is 36.0. The molecule has 9 nitrogen and oxygen atoms in total. The van der Waals surface area contributed by atoms with Crippen LogP contribution in [0.1, 0.15) is 52.5 Å². The Bertz CT molecular complexity index is 1120. The van der Waals surface area contributed by atoms with Gasteiger partial charge in [0.15, 0.2) is 5.82 Å². The number of para-hydroxylation sites is 1. The molecule has 0 aliphatic carbocycles. The number of amides is 2. The van der Waals surface area contributed by atoms with Crippen LogP contribution in [0.4, 0.5) is 11.5 Å². The number of fused-ring (bicyclic) bond motifs is 3. The average Bonchev–Trinajstić information content (AvgIpc) is 3.14. The van der Waals surface area contributed by atoms with Crippen molar-refractivity contribution in [3.8, 4) is 0 Å². The van der Waals surface area contributed by atoms with Crippen molar-refractivity contribution in [1.82, 2.24) is 9.88 Å². The number of aliphatic imine (C=N–C) groups is 1. The number of aromatic nitrogens is 1. The lowest BCUT2D eigenvalue weighted by Crippen LogP contribution is -2.34. The topological polar surface area (TPSA) is 113 Å². The molecule has 2 heterocycles. The Labute approximate surface area is 212 Å². The molecule has 196 valence electrons. The van der Waals surface area contributed by atoms with E-state index in [0.29, 0.717) is 49.1 Å². The molecular formula is C27H38N4O5. The van der Waals surface area contributed by atoms with Gasteiger partial charge in [0.1, 0.15) is 18.9 Å². The summed E-state index contributed by atoms with van der Waals surface area (Å²) < 4.78 is 11.0. The fourth-order valence-corrected chi connectivity index (χ4v) is 4.39. The Morgan fingerprint density at radius 2 is 1.92 bits per heavy atom. The van der Waals surface area contributed by atoms with Crippen molar-refractivity contribution in [2.75, 3.05) is 45.3 Å². The van der Waals surface area contributed by atoms with Gasteiger partial charge in [-0.3, -0.25) is 14.6 Å². The molecule has 1 aromatic heterocycles. The van der Waals surface area contributed by atoms with E-state index in [1.165, 1.54) is 0 Å². The zero-order chi connectivity index (χ0) is 26.5. The quantitative estimate of drug-likeness (QED) is 0.462. The fraction of sp³-hybridized carbons (Fsp3) is 0.556. The molecule has 0 fully saturated rings. The molecule has 0 spiro atoms. The summed E-state index contributed by atoms with van der Waals surface area (Å²) in [5.41, 5.74) is 2.05. The fourth-order valence-electron chi connectivity index (χ4n) is 4.39. The molecule has 2 N–H and O–H groups in total. The summed E-state index contributed by atoms with van der Waals surface area (Å²) in [5, 5.41) is 14.4. The number of carbonyl (C=O) groups excluding carboxylic acids is 2. The second-order valence-electron chi connectivity index (χ2n) is 10.3. The van der Waals surface area contributed by atoms with Crippen molar-refractivity contribution < 1.29 is 24.2 Å². The molecule has 1 aliphatic heterocycles. The SMILES string of the molecule is CCOCC1=Nc2c(NC(=O)COCC(=O)N(C)CC(C)C)nc3ccccc3c2C1CC(C)(C)O. The summed E-state index contributed by atoms with van der Waals surface area (Å²) in [6.45, 7) is 10.5. The smallest absolute Gasteiger partial charge is 0.251 e. The standard InChI is InChI=1S/C27H38N4O5/c1-7-35-14-21-19(12-27(4,5)34)24-18-10-8-9-11-20(18)29-26(25(24)28-21)30-22(32)15-36-16-23(33)31(6)13-17(2)3/h8-11,17,19,34H,7,12-16H2,1-6H3,(H,29,30,32). The summed E-state index contributed by atoms with van der Waals surface area (Å²) in [6, 6.07) is 7.68. The van der Waals surface area contributed by atoms with E-state index in [0.717, 1.165) is 16.7 Å². The molecular weight excluding hydrogens is 460 g/mol. The lowest BCUT2D eigenvalue weighted by molar-refractivity contribution is -0.136. The minimum atomic E-state index is -0.934. The minimum Gasteiger partial charge on any atom is -0.390 e. The van der Waals surface area contributed by atoms with Gasteiger partial charge in [-0.2, -0.15) is 0 Å². The Hall–Kier alpha value is -2.88. The van der Waals surface area contributed by atoms with Crippen molar-refractivity contribution in [3.05, 3.63) is 29.8 Å². The third-order valence-electron chi connectivity index (χ3n) is 5.85. The van der Waals surface area contributed by atoms with Crippen LogP contribution in [-0.2, 0) is 19.1 Å². The molecule has 2 aromatic rings. The third-order valence-corrected chi connectivity index (χ3v) is 5.85. The summed E-state index contributed by atoms with van der Waals surface area (Å²) in [7, 11) is 1.72. The normalized spacial score (nSPS) is 15.2. The second kappa shape index (κ2) is 11.9. The highest BCUT2D eigenvalue weighted by Gasteiger charge is 2.35. The molecule has 0 saturated heterocycles. The van der Waals surface area contributed by atoms with Crippen LogP contribution < -0.4 is 5.32 Å². The van der Waals surface area contributed by atoms with Gasteiger partial charge in [0, 0.05) is 31.5 Å². The van der Waals surface area contributed by atoms with Crippen LogP contribution in [0.15, 0.2) is 29.3 Å². The lowest BCUT2D eigenvalue weighted by Gasteiger charge is -2.24. The highest BCUT2D eigenvalue weighted by atomic mass is 16.5. The number of hydrogen-bond donors (Lipinski definition) is 2. The molecule has 36 heavy (non-hydrogen) atoms. The van der Waals surface area contributed by atoms with Crippen molar-refractivity contribution in [3.63, 3.8) is 0 Å². The van der Waals surface area contributed by atoms with Gasteiger partial charge >= 0.3 is 0 Å². The van der Waals surface area contributed by atoms with Crippen LogP contribution in [0.5, 0.6) is 0 Å². The predicted molar refractivity (Wildman–Crippen MR) is 141 cm³/mol. The van der Waals surface area contributed by atoms with E-state index >= 15 is 0 Å². The number of aliphatic hydroxyl groups is 1. The largest absolute Gasteiger partial charge is 0.390 e. The molecule has 0 saturated carbocycles. The first-order chi connectivity index (χ1) is 17.0. The van der Waals surface area contributed by atoms with E-state index in [-0.39, 0.29) is 25.0 Å². The number of ether oxygens (including phenoxy) is 2. The lowest BCUT2D eigenvalue weighted by atomic mass is 9.84. The molecule has 1 aromatic carbocycles. The summed E-state index contributed by atoms with van der Waals surface area (Å²) in [6.07, 6.45) is 0.447. The number of pyridine rings is 1. The molecule has 3 rings (SSSR count). The van der Waals surface area contributed by atoms with Gasteiger partial charge in [0.25, 0.3) is 5.91 Å². The number of carbonyl (C=O) groups is 2. The molecule has 1 unspecified atom stereocenters. The maximum atomic E-state index is 12.7. The third kappa shape index (κ3) is 7.09. The molecule has 2 amide bonds. The van der Waals surface area contributed by atoms with Gasteiger partial charge in [-0.15, -0.1) is 0 Å². The first kappa shape index (κ1) is 27.7. The second-order valence-corrected chi connectivity index (χ2v) is 10.3. The van der Waals surface area contributed by atoms with Crippen LogP contribution in [0.25, 0.3) is 10.9 Å². The number of hydrogen-bond acceptors (Lipinski definition) is 7. The zero-order valence-corrected chi connectivity index (χ0v) is 22.1. The number of nitrogens with one attached hydrogen (secondary N) is 1.